The Labute approximate surface area is 119 Å². The van der Waals surface area contributed by atoms with E-state index in [0.717, 1.165) is 16.8 Å². The van der Waals surface area contributed by atoms with Crippen molar-refractivity contribution in [3.05, 3.63) is 28.3 Å². The zero-order valence-electron chi connectivity index (χ0n) is 11.7. The molecular formula is C15H20ClNO2. The summed E-state index contributed by atoms with van der Waals surface area (Å²) in [6.07, 6.45) is 0.0324. The third-order valence-electron chi connectivity index (χ3n) is 3.67. The number of rotatable bonds is 3. The van der Waals surface area contributed by atoms with Crippen molar-refractivity contribution in [3.8, 4) is 0 Å². The average Bonchev–Trinajstić information content (AvgIpc) is 2.50. The molecule has 1 aliphatic rings. The Bertz CT molecular complexity index is 523. The summed E-state index contributed by atoms with van der Waals surface area (Å²) in [7, 11) is 0. The fourth-order valence-corrected chi connectivity index (χ4v) is 2.72. The quantitative estimate of drug-likeness (QED) is 0.888. The molecule has 1 unspecified atom stereocenters. The summed E-state index contributed by atoms with van der Waals surface area (Å²) < 4.78 is 0. The number of benzene rings is 1. The highest BCUT2D eigenvalue weighted by Gasteiger charge is 2.40. The number of nitrogens with one attached hydrogen (secondary N) is 1. The van der Waals surface area contributed by atoms with Gasteiger partial charge in [0.05, 0.1) is 17.2 Å². The highest BCUT2D eigenvalue weighted by molar-refractivity contribution is 6.31. The second-order valence-electron chi connectivity index (χ2n) is 6.14. The van der Waals surface area contributed by atoms with Crippen molar-refractivity contribution in [2.75, 3.05) is 5.32 Å². The first-order chi connectivity index (χ1) is 8.73. The van der Waals surface area contributed by atoms with Gasteiger partial charge in [-0.2, -0.15) is 0 Å². The van der Waals surface area contributed by atoms with Gasteiger partial charge in [0.25, 0.3) is 0 Å². The first-order valence-corrected chi connectivity index (χ1v) is 6.94. The molecule has 1 atom stereocenters. The van der Waals surface area contributed by atoms with Crippen molar-refractivity contribution in [1.82, 2.24) is 0 Å². The minimum Gasteiger partial charge on any atom is -0.388 e. The third-order valence-corrected chi connectivity index (χ3v) is 3.89. The van der Waals surface area contributed by atoms with E-state index in [9.17, 15) is 9.90 Å². The van der Waals surface area contributed by atoms with E-state index in [1.807, 2.05) is 13.8 Å². The van der Waals surface area contributed by atoms with Gasteiger partial charge >= 0.3 is 0 Å². The van der Waals surface area contributed by atoms with Gasteiger partial charge < -0.3 is 10.4 Å². The number of hydrogen-bond acceptors (Lipinski definition) is 2. The lowest BCUT2D eigenvalue weighted by Gasteiger charge is -2.19. The molecule has 0 aliphatic carbocycles. The fourth-order valence-electron chi connectivity index (χ4n) is 2.49. The predicted molar refractivity (Wildman–Crippen MR) is 77.5 cm³/mol. The zero-order valence-corrected chi connectivity index (χ0v) is 12.5. The Kier molecular flexibility index (Phi) is 3.63. The summed E-state index contributed by atoms with van der Waals surface area (Å²) in [4.78, 5) is 12.0. The number of aliphatic hydroxyl groups excluding tert-OH is 1. The maximum Gasteiger partial charge on any atom is 0.234 e. The number of fused-ring (bicyclic) bond motifs is 1. The van der Waals surface area contributed by atoms with Crippen LogP contribution in [-0.4, -0.2) is 11.0 Å². The zero-order chi connectivity index (χ0) is 14.4. The normalized spacial score (nSPS) is 18.4. The second-order valence-corrected chi connectivity index (χ2v) is 6.58. The molecule has 4 heteroatoms. The van der Waals surface area contributed by atoms with Crippen LogP contribution in [0.1, 0.15) is 51.3 Å². The van der Waals surface area contributed by atoms with Gasteiger partial charge in [0.2, 0.25) is 5.91 Å². The first kappa shape index (κ1) is 14.4. The van der Waals surface area contributed by atoms with E-state index in [1.165, 1.54) is 0 Å². The van der Waals surface area contributed by atoms with Crippen LogP contribution in [0.4, 0.5) is 5.69 Å². The van der Waals surface area contributed by atoms with E-state index in [2.05, 4.69) is 19.2 Å². The van der Waals surface area contributed by atoms with Crippen LogP contribution in [0, 0.1) is 5.92 Å². The summed E-state index contributed by atoms with van der Waals surface area (Å²) >= 11 is 6.13. The van der Waals surface area contributed by atoms with E-state index in [4.69, 9.17) is 11.6 Å². The van der Waals surface area contributed by atoms with Crippen LogP contribution in [0.5, 0.6) is 0 Å². The Morgan fingerprint density at radius 3 is 2.58 bits per heavy atom. The van der Waals surface area contributed by atoms with Gasteiger partial charge in [-0.25, -0.2) is 0 Å². The minimum atomic E-state index is -0.610. The van der Waals surface area contributed by atoms with Crippen LogP contribution in [0.15, 0.2) is 12.1 Å². The maximum atomic E-state index is 12.0. The first-order valence-electron chi connectivity index (χ1n) is 6.57. The number of halogens is 1. The van der Waals surface area contributed by atoms with Gasteiger partial charge in [-0.15, -0.1) is 0 Å². The number of hydrogen-bond donors (Lipinski definition) is 2. The molecule has 1 aromatic rings. The molecule has 1 aromatic carbocycles. The fraction of sp³-hybridized carbons (Fsp3) is 0.533. The summed E-state index contributed by atoms with van der Waals surface area (Å²) in [5.41, 5.74) is 1.71. The maximum absolute atomic E-state index is 12.0. The molecular weight excluding hydrogens is 262 g/mol. The summed E-state index contributed by atoms with van der Waals surface area (Å²) in [6, 6.07) is 3.55. The smallest absolute Gasteiger partial charge is 0.234 e. The molecule has 2 N–H and O–H groups in total. The van der Waals surface area contributed by atoms with Crippen LogP contribution in [0.2, 0.25) is 5.02 Å². The van der Waals surface area contributed by atoms with Crippen LogP contribution in [0.25, 0.3) is 0 Å². The summed E-state index contributed by atoms with van der Waals surface area (Å²) in [6.45, 7) is 7.83. The molecule has 3 nitrogen and oxygen atoms in total. The molecule has 0 bridgehead atoms. The van der Waals surface area contributed by atoms with E-state index in [-0.39, 0.29) is 5.91 Å². The lowest BCUT2D eigenvalue weighted by atomic mass is 9.84. The molecule has 0 radical (unpaired) electrons. The lowest BCUT2D eigenvalue weighted by Crippen LogP contribution is -2.26. The minimum absolute atomic E-state index is 0.0530. The van der Waals surface area contributed by atoms with Crippen LogP contribution >= 0.6 is 11.6 Å². The monoisotopic (exact) mass is 281 g/mol. The van der Waals surface area contributed by atoms with Gasteiger partial charge in [0, 0.05) is 10.6 Å². The van der Waals surface area contributed by atoms with Gasteiger partial charge in [0.15, 0.2) is 0 Å². The second kappa shape index (κ2) is 4.80. The van der Waals surface area contributed by atoms with E-state index in [1.54, 1.807) is 12.1 Å². The van der Waals surface area contributed by atoms with Crippen molar-refractivity contribution >= 4 is 23.2 Å². The Morgan fingerprint density at radius 2 is 2.00 bits per heavy atom. The molecule has 0 saturated carbocycles. The summed E-state index contributed by atoms with van der Waals surface area (Å²) in [5, 5.41) is 13.8. The number of amides is 1. The largest absolute Gasteiger partial charge is 0.388 e. The van der Waals surface area contributed by atoms with Crippen molar-refractivity contribution in [3.63, 3.8) is 0 Å². The topological polar surface area (TPSA) is 49.3 Å². The van der Waals surface area contributed by atoms with Crippen molar-refractivity contribution < 1.29 is 9.90 Å². The SMILES string of the molecule is CC(C)CC(O)c1cc(Cl)cc2c1NC(=O)C2(C)C. The van der Waals surface area contributed by atoms with Gasteiger partial charge in [0.1, 0.15) is 0 Å². The highest BCUT2D eigenvalue weighted by atomic mass is 35.5. The number of aliphatic hydroxyl groups is 1. The van der Waals surface area contributed by atoms with Gasteiger partial charge in [-0.1, -0.05) is 25.4 Å². The average molecular weight is 282 g/mol. The molecule has 0 aromatic heterocycles. The molecule has 1 amide bonds. The van der Waals surface area contributed by atoms with Crippen LogP contribution in [0.3, 0.4) is 0 Å². The molecule has 1 heterocycles. The van der Waals surface area contributed by atoms with Crippen molar-refractivity contribution in [2.24, 2.45) is 5.92 Å². The lowest BCUT2D eigenvalue weighted by molar-refractivity contribution is -0.119. The molecule has 0 fully saturated rings. The number of anilines is 1. The van der Waals surface area contributed by atoms with Crippen LogP contribution in [-0.2, 0) is 10.2 Å². The van der Waals surface area contributed by atoms with Crippen molar-refractivity contribution in [1.29, 1.82) is 0 Å². The molecule has 0 spiro atoms. The van der Waals surface area contributed by atoms with Gasteiger partial charge in [-0.05, 0) is 43.9 Å². The number of carbonyl (C=O) groups is 1. The standard InChI is InChI=1S/C15H20ClNO2/c1-8(2)5-12(18)10-6-9(16)7-11-13(10)17-14(19)15(11,3)4/h6-8,12,18H,5H2,1-4H3,(H,17,19). The highest BCUT2D eigenvalue weighted by Crippen LogP contribution is 2.43. The van der Waals surface area contributed by atoms with Crippen molar-refractivity contribution in [2.45, 2.75) is 45.6 Å². The third kappa shape index (κ3) is 2.49. The number of carbonyl (C=O) groups excluding carboxylic acids is 1. The molecule has 0 saturated heterocycles. The van der Waals surface area contributed by atoms with E-state index < -0.39 is 11.5 Å². The molecule has 19 heavy (non-hydrogen) atoms. The molecule has 2 rings (SSSR count). The Hall–Kier alpha value is -1.06. The predicted octanol–water partition coefficient (Wildman–Crippen LogP) is 3.65. The van der Waals surface area contributed by atoms with Gasteiger partial charge in [-0.3, -0.25) is 4.79 Å². The summed E-state index contributed by atoms with van der Waals surface area (Å²) in [5.74, 6) is 0.317. The molecule has 104 valence electrons. The van der Waals surface area contributed by atoms with E-state index in [0.29, 0.717) is 17.4 Å². The van der Waals surface area contributed by atoms with Crippen LogP contribution < -0.4 is 5.32 Å². The molecule has 1 aliphatic heterocycles. The Balaban J connectivity index is 2.51. The Morgan fingerprint density at radius 1 is 1.37 bits per heavy atom. The van der Waals surface area contributed by atoms with E-state index >= 15 is 0 Å².